The van der Waals surface area contributed by atoms with E-state index in [9.17, 15) is 18.5 Å². The monoisotopic (exact) mass is 351 g/mol. The summed E-state index contributed by atoms with van der Waals surface area (Å²) < 4.78 is 32.0. The fraction of sp³-hybridized carbons (Fsp3) is 0.500. The molecule has 1 unspecified atom stereocenters. The summed E-state index contributed by atoms with van der Waals surface area (Å²) >= 11 is 0. The highest BCUT2D eigenvalue weighted by molar-refractivity contribution is 7.89. The molecule has 10 heteroatoms. The van der Waals surface area contributed by atoms with Gasteiger partial charge in [0.1, 0.15) is 10.6 Å². The van der Waals surface area contributed by atoms with E-state index >= 15 is 0 Å². The molecule has 0 aromatic heterocycles. The molecule has 1 aromatic carbocycles. The first-order valence-corrected chi connectivity index (χ1v) is 7.98. The van der Waals surface area contributed by atoms with Gasteiger partial charge in [-0.05, 0) is 25.5 Å². The normalized spacial score (nSPS) is 17.8. The molecular weight excluding hydrogens is 334 g/mol. The molecule has 1 aliphatic heterocycles. The average molecular weight is 352 g/mol. The van der Waals surface area contributed by atoms with Gasteiger partial charge in [-0.25, -0.2) is 13.1 Å². The summed E-state index contributed by atoms with van der Waals surface area (Å²) in [6.07, 6.45) is 1.90. The lowest BCUT2D eigenvalue weighted by Crippen LogP contribution is -2.37. The van der Waals surface area contributed by atoms with E-state index in [1.54, 1.807) is 0 Å². The zero-order valence-corrected chi connectivity index (χ0v) is 13.6. The van der Waals surface area contributed by atoms with Crippen LogP contribution in [-0.2, 0) is 10.0 Å². The van der Waals surface area contributed by atoms with Gasteiger partial charge in [-0.3, -0.25) is 10.1 Å². The summed E-state index contributed by atoms with van der Waals surface area (Å²) in [6, 6.07) is 3.57. The van der Waals surface area contributed by atoms with Crippen molar-refractivity contribution in [2.24, 2.45) is 0 Å². The number of methoxy groups -OCH3 is 1. The molecule has 2 N–H and O–H groups in total. The van der Waals surface area contributed by atoms with Crippen molar-refractivity contribution in [3.63, 3.8) is 0 Å². The maximum atomic E-state index is 12.3. The summed E-state index contributed by atoms with van der Waals surface area (Å²) in [5.74, 6) is 0.0764. The minimum absolute atomic E-state index is 0. The largest absolute Gasteiger partial charge is 0.495 e. The van der Waals surface area contributed by atoms with Crippen LogP contribution in [0.2, 0.25) is 0 Å². The van der Waals surface area contributed by atoms with Crippen LogP contribution in [0, 0.1) is 10.1 Å². The molecule has 124 valence electrons. The number of nitrogens with one attached hydrogen (secondary N) is 2. The van der Waals surface area contributed by atoms with Gasteiger partial charge in [0.05, 0.1) is 12.0 Å². The zero-order valence-electron chi connectivity index (χ0n) is 11.9. The summed E-state index contributed by atoms with van der Waals surface area (Å²) in [4.78, 5) is 9.92. The Labute approximate surface area is 134 Å². The minimum atomic E-state index is -3.87. The molecule has 2 rings (SSSR count). The van der Waals surface area contributed by atoms with Gasteiger partial charge in [0.15, 0.2) is 0 Å². The number of rotatable bonds is 6. The highest BCUT2D eigenvalue weighted by Crippen LogP contribution is 2.28. The van der Waals surface area contributed by atoms with Crippen LogP contribution in [0.15, 0.2) is 23.1 Å². The number of hydrogen-bond donors (Lipinski definition) is 2. The van der Waals surface area contributed by atoms with Gasteiger partial charge in [0.2, 0.25) is 10.0 Å². The Morgan fingerprint density at radius 1 is 1.50 bits per heavy atom. The van der Waals surface area contributed by atoms with Crippen LogP contribution in [0.4, 0.5) is 5.69 Å². The van der Waals surface area contributed by atoms with E-state index in [0.29, 0.717) is 0 Å². The Morgan fingerprint density at radius 3 is 2.77 bits per heavy atom. The first-order valence-electron chi connectivity index (χ1n) is 6.49. The number of nitro groups is 1. The lowest BCUT2D eigenvalue weighted by Gasteiger charge is -2.13. The molecule has 0 saturated carbocycles. The fourth-order valence-corrected chi connectivity index (χ4v) is 3.48. The van der Waals surface area contributed by atoms with Crippen molar-refractivity contribution in [3.05, 3.63) is 28.3 Å². The standard InChI is InChI=1S/C12H17N3O5S.ClH/c1-20-11-5-4-10(15(16)17)7-12(11)21(18,19)14-8-9-3-2-6-13-9;/h4-5,7,9,13-14H,2-3,6,8H2,1H3;1H. The molecule has 0 amide bonds. The molecule has 0 radical (unpaired) electrons. The minimum Gasteiger partial charge on any atom is -0.495 e. The maximum absolute atomic E-state index is 12.3. The summed E-state index contributed by atoms with van der Waals surface area (Å²) in [6.45, 7) is 1.11. The zero-order chi connectivity index (χ0) is 15.5. The van der Waals surface area contributed by atoms with Crippen molar-refractivity contribution >= 4 is 28.1 Å². The van der Waals surface area contributed by atoms with Gasteiger partial charge in [-0.1, -0.05) is 0 Å². The Morgan fingerprint density at radius 2 is 2.23 bits per heavy atom. The summed E-state index contributed by atoms with van der Waals surface area (Å²) in [5, 5.41) is 14.0. The lowest BCUT2D eigenvalue weighted by atomic mass is 10.2. The van der Waals surface area contributed by atoms with Crippen LogP contribution in [0.1, 0.15) is 12.8 Å². The van der Waals surface area contributed by atoms with Crippen molar-refractivity contribution in [2.75, 3.05) is 20.2 Å². The van der Waals surface area contributed by atoms with E-state index in [1.165, 1.54) is 19.2 Å². The number of nitrogens with zero attached hydrogens (tertiary/aromatic N) is 1. The number of sulfonamides is 1. The Bertz CT molecular complexity index is 632. The molecule has 1 heterocycles. The molecule has 1 aromatic rings. The summed E-state index contributed by atoms with van der Waals surface area (Å²) in [5.41, 5.74) is -0.296. The van der Waals surface area contributed by atoms with E-state index in [4.69, 9.17) is 4.74 Å². The Kier molecular flexibility index (Phi) is 6.54. The number of nitro benzene ring substituents is 1. The van der Waals surface area contributed by atoms with Crippen molar-refractivity contribution in [1.29, 1.82) is 0 Å². The quantitative estimate of drug-likeness (QED) is 0.585. The van der Waals surface area contributed by atoms with Crippen LogP contribution in [-0.4, -0.2) is 39.6 Å². The topological polar surface area (TPSA) is 111 Å². The number of hydrogen-bond acceptors (Lipinski definition) is 6. The third-order valence-electron chi connectivity index (χ3n) is 3.33. The van der Waals surface area contributed by atoms with E-state index in [1.807, 2.05) is 0 Å². The van der Waals surface area contributed by atoms with Crippen LogP contribution < -0.4 is 14.8 Å². The fourth-order valence-electron chi connectivity index (χ4n) is 2.21. The second-order valence-electron chi connectivity index (χ2n) is 4.74. The van der Waals surface area contributed by atoms with Gasteiger partial charge in [0.25, 0.3) is 5.69 Å². The lowest BCUT2D eigenvalue weighted by molar-refractivity contribution is -0.385. The van der Waals surface area contributed by atoms with Crippen LogP contribution in [0.5, 0.6) is 5.75 Å². The molecule has 8 nitrogen and oxygen atoms in total. The van der Waals surface area contributed by atoms with E-state index < -0.39 is 14.9 Å². The highest BCUT2D eigenvalue weighted by Gasteiger charge is 2.24. The smallest absolute Gasteiger partial charge is 0.271 e. The van der Waals surface area contributed by atoms with Gasteiger partial charge in [-0.2, -0.15) is 0 Å². The van der Waals surface area contributed by atoms with Crippen LogP contribution >= 0.6 is 12.4 Å². The Hall–Kier alpha value is -1.42. The van der Waals surface area contributed by atoms with Gasteiger partial charge in [-0.15, -0.1) is 12.4 Å². The van der Waals surface area contributed by atoms with E-state index in [0.717, 1.165) is 25.5 Å². The summed E-state index contributed by atoms with van der Waals surface area (Å²) in [7, 11) is -2.55. The molecule has 1 fully saturated rings. The van der Waals surface area contributed by atoms with E-state index in [2.05, 4.69) is 10.0 Å². The molecule has 1 aliphatic rings. The number of benzene rings is 1. The third kappa shape index (κ3) is 4.29. The predicted octanol–water partition coefficient (Wildman–Crippen LogP) is 1.06. The third-order valence-corrected chi connectivity index (χ3v) is 4.77. The van der Waals surface area contributed by atoms with Gasteiger partial charge >= 0.3 is 0 Å². The maximum Gasteiger partial charge on any atom is 0.271 e. The van der Waals surface area contributed by atoms with Crippen molar-refractivity contribution in [2.45, 2.75) is 23.8 Å². The number of halogens is 1. The average Bonchev–Trinajstić information content (AvgIpc) is 2.98. The molecule has 22 heavy (non-hydrogen) atoms. The first-order chi connectivity index (χ1) is 9.94. The van der Waals surface area contributed by atoms with Crippen molar-refractivity contribution in [3.8, 4) is 5.75 Å². The van der Waals surface area contributed by atoms with Gasteiger partial charge in [0, 0.05) is 24.7 Å². The highest BCUT2D eigenvalue weighted by atomic mass is 35.5. The first kappa shape index (κ1) is 18.6. The number of ether oxygens (including phenoxy) is 1. The SMILES string of the molecule is COc1ccc([N+](=O)[O-])cc1S(=O)(=O)NCC1CCCN1.Cl. The molecule has 1 saturated heterocycles. The predicted molar refractivity (Wildman–Crippen MR) is 83.1 cm³/mol. The van der Waals surface area contributed by atoms with Crippen molar-refractivity contribution < 1.29 is 18.1 Å². The van der Waals surface area contributed by atoms with Crippen LogP contribution in [0.3, 0.4) is 0 Å². The van der Waals surface area contributed by atoms with Crippen molar-refractivity contribution in [1.82, 2.24) is 10.0 Å². The molecule has 0 bridgehead atoms. The van der Waals surface area contributed by atoms with Gasteiger partial charge < -0.3 is 10.1 Å². The van der Waals surface area contributed by atoms with Crippen LogP contribution in [0.25, 0.3) is 0 Å². The molecule has 1 atom stereocenters. The molecule has 0 aliphatic carbocycles. The molecule has 0 spiro atoms. The van der Waals surface area contributed by atoms with E-state index in [-0.39, 0.29) is 41.3 Å². The second-order valence-corrected chi connectivity index (χ2v) is 6.47. The number of non-ortho nitro benzene ring substituents is 1. The second kappa shape index (κ2) is 7.73. The Balaban J connectivity index is 0.00000242. The molecular formula is C12H18ClN3O5S.